The Kier molecular flexibility index (Phi) is 6.35. The molecule has 2 aliphatic heterocycles. The van der Waals surface area contributed by atoms with Crippen molar-refractivity contribution in [2.24, 2.45) is 0 Å². The highest BCUT2D eigenvalue weighted by Gasteiger charge is 2.21. The van der Waals surface area contributed by atoms with E-state index in [9.17, 15) is 0 Å². The molecular formula is C27H26ClNOS. The summed E-state index contributed by atoms with van der Waals surface area (Å²) in [6.07, 6.45) is 6.26. The minimum absolute atomic E-state index is 0.744. The maximum Gasteiger partial charge on any atom is 0.120 e. The van der Waals surface area contributed by atoms with Gasteiger partial charge in [-0.2, -0.15) is 0 Å². The molecule has 31 heavy (non-hydrogen) atoms. The maximum absolute atomic E-state index is 6.14. The van der Waals surface area contributed by atoms with Crippen molar-refractivity contribution in [2.75, 3.05) is 26.2 Å². The number of likely N-dealkylation sites (tertiary alicyclic amines) is 1. The number of benzene rings is 3. The Morgan fingerprint density at radius 1 is 0.871 bits per heavy atom. The zero-order valence-electron chi connectivity index (χ0n) is 17.5. The van der Waals surface area contributed by atoms with Gasteiger partial charge < -0.3 is 4.74 Å². The Hall–Kier alpha value is -2.20. The van der Waals surface area contributed by atoms with E-state index >= 15 is 0 Å². The van der Waals surface area contributed by atoms with Gasteiger partial charge in [-0.15, -0.1) is 0 Å². The molecule has 5 rings (SSSR count). The van der Waals surface area contributed by atoms with Crippen LogP contribution in [0.5, 0.6) is 5.75 Å². The zero-order chi connectivity index (χ0) is 21.0. The van der Waals surface area contributed by atoms with E-state index in [2.05, 4.69) is 65.6 Å². The highest BCUT2D eigenvalue weighted by atomic mass is 35.5. The summed E-state index contributed by atoms with van der Waals surface area (Å²) < 4.78 is 6.14. The van der Waals surface area contributed by atoms with Gasteiger partial charge in [-0.1, -0.05) is 60.1 Å². The smallest absolute Gasteiger partial charge is 0.120 e. The third kappa shape index (κ3) is 4.85. The second kappa shape index (κ2) is 9.52. The van der Waals surface area contributed by atoms with Crippen molar-refractivity contribution in [2.45, 2.75) is 29.1 Å². The number of halogens is 1. The van der Waals surface area contributed by atoms with Crippen LogP contribution in [0.25, 0.3) is 11.6 Å². The van der Waals surface area contributed by atoms with Crippen molar-refractivity contribution in [3.63, 3.8) is 0 Å². The molecule has 0 N–H and O–H groups in total. The summed E-state index contributed by atoms with van der Waals surface area (Å²) in [6.45, 7) is 4.17. The maximum atomic E-state index is 6.14. The van der Waals surface area contributed by atoms with E-state index < -0.39 is 0 Å². The van der Waals surface area contributed by atoms with Gasteiger partial charge in [0, 0.05) is 21.4 Å². The van der Waals surface area contributed by atoms with Crippen molar-refractivity contribution < 1.29 is 4.74 Å². The molecule has 0 aromatic heterocycles. The lowest BCUT2D eigenvalue weighted by Gasteiger charge is -2.26. The third-order valence-corrected chi connectivity index (χ3v) is 7.33. The van der Waals surface area contributed by atoms with Crippen LogP contribution < -0.4 is 4.74 Å². The molecule has 0 amide bonds. The number of hydrogen-bond donors (Lipinski definition) is 0. The summed E-state index contributed by atoms with van der Waals surface area (Å²) in [6, 6.07) is 23.1. The van der Waals surface area contributed by atoms with Gasteiger partial charge in [-0.25, -0.2) is 0 Å². The van der Waals surface area contributed by atoms with E-state index in [0.717, 1.165) is 29.5 Å². The fourth-order valence-corrected chi connectivity index (χ4v) is 5.56. The van der Waals surface area contributed by atoms with Crippen LogP contribution in [0.15, 0.2) is 76.5 Å². The van der Waals surface area contributed by atoms with Crippen molar-refractivity contribution in [3.8, 4) is 5.75 Å². The summed E-state index contributed by atoms with van der Waals surface area (Å²) in [5.74, 6) is 0.952. The Balaban J connectivity index is 1.40. The van der Waals surface area contributed by atoms with Crippen LogP contribution in [-0.4, -0.2) is 31.1 Å². The Morgan fingerprint density at radius 2 is 1.65 bits per heavy atom. The minimum Gasteiger partial charge on any atom is -0.492 e. The van der Waals surface area contributed by atoms with Crippen LogP contribution in [0.1, 0.15) is 36.0 Å². The Labute approximate surface area is 193 Å². The zero-order valence-corrected chi connectivity index (χ0v) is 19.1. The van der Waals surface area contributed by atoms with Gasteiger partial charge >= 0.3 is 0 Å². The highest BCUT2D eigenvalue weighted by molar-refractivity contribution is 7.99. The van der Waals surface area contributed by atoms with E-state index in [0.29, 0.717) is 0 Å². The molecule has 2 aliphatic rings. The standard InChI is InChI=1S/C27H26ClNOS/c28-21-10-8-20(9-11-21)18-25-23-6-2-3-7-26(23)31-27-19-22(12-13-24(25)27)30-17-16-29-14-4-1-5-15-29/h2-3,6-13,18-19H,1,4-5,14-17H2. The van der Waals surface area contributed by atoms with Crippen molar-refractivity contribution >= 4 is 35.0 Å². The summed E-state index contributed by atoms with van der Waals surface area (Å²) in [4.78, 5) is 5.04. The third-order valence-electron chi connectivity index (χ3n) is 5.95. The van der Waals surface area contributed by atoms with Crippen LogP contribution in [-0.2, 0) is 0 Å². The fourth-order valence-electron chi connectivity index (χ4n) is 4.30. The molecule has 2 nitrogen and oxygen atoms in total. The van der Waals surface area contributed by atoms with Crippen LogP contribution in [0.3, 0.4) is 0 Å². The lowest BCUT2D eigenvalue weighted by atomic mass is 9.95. The molecule has 3 aromatic carbocycles. The number of ether oxygens (including phenoxy) is 1. The lowest BCUT2D eigenvalue weighted by Crippen LogP contribution is -2.33. The quantitative estimate of drug-likeness (QED) is 0.319. The van der Waals surface area contributed by atoms with Gasteiger partial charge in [0.05, 0.1) is 0 Å². The second-order valence-corrected chi connectivity index (χ2v) is 9.64. The Morgan fingerprint density at radius 3 is 2.48 bits per heavy atom. The first-order valence-corrected chi connectivity index (χ1v) is 12.2. The fraction of sp³-hybridized carbons (Fsp3) is 0.259. The molecule has 0 radical (unpaired) electrons. The van der Waals surface area contributed by atoms with Crippen LogP contribution >= 0.6 is 23.4 Å². The predicted octanol–water partition coefficient (Wildman–Crippen LogP) is 7.26. The molecule has 1 saturated heterocycles. The second-order valence-electron chi connectivity index (χ2n) is 8.12. The van der Waals surface area contributed by atoms with Crippen molar-refractivity contribution in [1.29, 1.82) is 0 Å². The first kappa shape index (κ1) is 20.7. The number of hydrogen-bond acceptors (Lipinski definition) is 3. The summed E-state index contributed by atoms with van der Waals surface area (Å²) in [5, 5.41) is 0.758. The molecule has 0 atom stereocenters. The molecule has 0 unspecified atom stereocenters. The van der Waals surface area contributed by atoms with Crippen LogP contribution in [0, 0.1) is 0 Å². The molecule has 0 bridgehead atoms. The molecule has 0 saturated carbocycles. The SMILES string of the molecule is Clc1ccc(C=C2c3ccccc3Sc3cc(OCCN4CCCCC4)ccc32)cc1. The number of piperidine rings is 1. The van der Waals surface area contributed by atoms with Crippen LogP contribution in [0.2, 0.25) is 5.02 Å². The average Bonchev–Trinajstić information content (AvgIpc) is 2.81. The summed E-state index contributed by atoms with van der Waals surface area (Å²) in [5.41, 5.74) is 4.91. The van der Waals surface area contributed by atoms with Gasteiger partial charge in [0.15, 0.2) is 0 Å². The van der Waals surface area contributed by atoms with E-state index in [4.69, 9.17) is 16.3 Å². The average molecular weight is 448 g/mol. The Bertz CT molecular complexity index is 1090. The van der Waals surface area contributed by atoms with Crippen molar-refractivity contribution in [1.82, 2.24) is 4.90 Å². The largest absolute Gasteiger partial charge is 0.492 e. The molecule has 0 aliphatic carbocycles. The lowest BCUT2D eigenvalue weighted by molar-refractivity contribution is 0.183. The first-order chi connectivity index (χ1) is 15.3. The predicted molar refractivity (Wildman–Crippen MR) is 131 cm³/mol. The number of fused-ring (bicyclic) bond motifs is 2. The molecule has 0 spiro atoms. The molecule has 158 valence electrons. The summed E-state index contributed by atoms with van der Waals surface area (Å²) >= 11 is 7.91. The van der Waals surface area contributed by atoms with Gasteiger partial charge in [-0.3, -0.25) is 4.90 Å². The monoisotopic (exact) mass is 447 g/mol. The van der Waals surface area contributed by atoms with Gasteiger partial charge in [-0.05, 0) is 90.7 Å². The molecule has 1 fully saturated rings. The topological polar surface area (TPSA) is 12.5 Å². The molecule has 3 aromatic rings. The van der Waals surface area contributed by atoms with E-state index in [1.165, 1.54) is 58.8 Å². The normalized spacial score (nSPS) is 17.3. The van der Waals surface area contributed by atoms with Gasteiger partial charge in [0.1, 0.15) is 12.4 Å². The van der Waals surface area contributed by atoms with Crippen LogP contribution in [0.4, 0.5) is 0 Å². The highest BCUT2D eigenvalue weighted by Crippen LogP contribution is 2.47. The molecule has 2 heterocycles. The number of rotatable bonds is 5. The van der Waals surface area contributed by atoms with Gasteiger partial charge in [0.2, 0.25) is 0 Å². The van der Waals surface area contributed by atoms with Gasteiger partial charge in [0.25, 0.3) is 0 Å². The molecular weight excluding hydrogens is 422 g/mol. The first-order valence-electron chi connectivity index (χ1n) is 11.0. The number of nitrogens with zero attached hydrogens (tertiary/aromatic N) is 1. The molecule has 4 heteroatoms. The minimum atomic E-state index is 0.744. The van der Waals surface area contributed by atoms with E-state index in [1.807, 2.05) is 23.9 Å². The van der Waals surface area contributed by atoms with E-state index in [1.54, 1.807) is 0 Å². The summed E-state index contributed by atoms with van der Waals surface area (Å²) in [7, 11) is 0. The van der Waals surface area contributed by atoms with Crippen molar-refractivity contribution in [3.05, 3.63) is 88.4 Å². The van der Waals surface area contributed by atoms with E-state index in [-0.39, 0.29) is 0 Å².